The summed E-state index contributed by atoms with van der Waals surface area (Å²) in [7, 11) is 0. The van der Waals surface area contributed by atoms with E-state index in [2.05, 4.69) is 17.4 Å². The smallest absolute Gasteiger partial charge is 0.408 e. The summed E-state index contributed by atoms with van der Waals surface area (Å²) in [6.45, 7) is 0. The van der Waals surface area contributed by atoms with Crippen molar-refractivity contribution in [3.8, 4) is 0 Å². The third-order valence-corrected chi connectivity index (χ3v) is 3.67. The quantitative estimate of drug-likeness (QED) is 0.785. The molecule has 1 spiro atoms. The summed E-state index contributed by atoms with van der Waals surface area (Å²) in [6, 6.07) is 10.1. The number of alkyl carbamates (subject to hydrolysis) is 1. The first-order chi connectivity index (χ1) is 7.80. The van der Waals surface area contributed by atoms with E-state index in [-0.39, 0.29) is 17.7 Å². The highest BCUT2D eigenvalue weighted by atomic mass is 16.6. The summed E-state index contributed by atoms with van der Waals surface area (Å²) < 4.78 is 5.53. The lowest BCUT2D eigenvalue weighted by atomic mass is 9.88. The number of amides is 1. The van der Waals surface area contributed by atoms with Gasteiger partial charge in [-0.1, -0.05) is 30.3 Å². The van der Waals surface area contributed by atoms with Gasteiger partial charge in [0.15, 0.2) is 0 Å². The van der Waals surface area contributed by atoms with Gasteiger partial charge in [-0.2, -0.15) is 0 Å². The number of hydrogen-bond donors (Lipinski definition) is 1. The lowest BCUT2D eigenvalue weighted by Crippen LogP contribution is -2.33. The summed E-state index contributed by atoms with van der Waals surface area (Å²) in [5.41, 5.74) is 0.869. The van der Waals surface area contributed by atoms with Crippen LogP contribution in [0.1, 0.15) is 37.3 Å². The van der Waals surface area contributed by atoms with E-state index >= 15 is 0 Å². The molecule has 0 aromatic heterocycles. The van der Waals surface area contributed by atoms with Crippen LogP contribution in [0.25, 0.3) is 0 Å². The molecule has 1 aliphatic heterocycles. The minimum absolute atomic E-state index is 0.0312. The molecule has 1 saturated heterocycles. The van der Waals surface area contributed by atoms with Crippen molar-refractivity contribution in [1.29, 1.82) is 0 Å². The average Bonchev–Trinajstić information content (AvgIpc) is 2.89. The van der Waals surface area contributed by atoms with E-state index in [1.807, 2.05) is 18.2 Å². The molecule has 1 atom stereocenters. The van der Waals surface area contributed by atoms with Crippen LogP contribution < -0.4 is 5.32 Å². The summed E-state index contributed by atoms with van der Waals surface area (Å²) in [4.78, 5) is 11.5. The molecule has 2 aliphatic rings. The zero-order chi connectivity index (χ0) is 11.0. The van der Waals surface area contributed by atoms with E-state index in [9.17, 15) is 4.79 Å². The van der Waals surface area contributed by atoms with E-state index in [0.29, 0.717) is 0 Å². The SMILES string of the molecule is O=C1NC(c2ccccc2)C2(CCCC2)O1. The fraction of sp³-hybridized carbons (Fsp3) is 0.462. The van der Waals surface area contributed by atoms with Gasteiger partial charge < -0.3 is 10.1 Å². The van der Waals surface area contributed by atoms with Crippen LogP contribution in [0.4, 0.5) is 4.79 Å². The van der Waals surface area contributed by atoms with Crippen LogP contribution in [0, 0.1) is 0 Å². The highest BCUT2D eigenvalue weighted by Crippen LogP contribution is 2.46. The molecule has 1 aromatic carbocycles. The monoisotopic (exact) mass is 217 g/mol. The van der Waals surface area contributed by atoms with Gasteiger partial charge in [-0.05, 0) is 31.2 Å². The van der Waals surface area contributed by atoms with Gasteiger partial charge in [0.2, 0.25) is 0 Å². The molecule has 84 valence electrons. The predicted molar refractivity (Wildman–Crippen MR) is 60.0 cm³/mol. The van der Waals surface area contributed by atoms with Crippen LogP contribution in [0.2, 0.25) is 0 Å². The van der Waals surface area contributed by atoms with Crippen molar-refractivity contribution in [3.63, 3.8) is 0 Å². The van der Waals surface area contributed by atoms with E-state index in [1.54, 1.807) is 0 Å². The number of ether oxygens (including phenoxy) is 1. The minimum Gasteiger partial charge on any atom is -0.440 e. The summed E-state index contributed by atoms with van der Waals surface area (Å²) in [6.07, 6.45) is 3.99. The number of hydrogen-bond acceptors (Lipinski definition) is 2. The Labute approximate surface area is 94.8 Å². The largest absolute Gasteiger partial charge is 0.440 e. The molecule has 3 rings (SSSR count). The maximum absolute atomic E-state index is 11.5. The van der Waals surface area contributed by atoms with Gasteiger partial charge in [0.25, 0.3) is 0 Å². The minimum atomic E-state index is -0.279. The van der Waals surface area contributed by atoms with Gasteiger partial charge in [-0.3, -0.25) is 0 Å². The van der Waals surface area contributed by atoms with Crippen LogP contribution in [-0.2, 0) is 4.74 Å². The molecular formula is C13H15NO2. The number of carbonyl (C=O) groups excluding carboxylic acids is 1. The van der Waals surface area contributed by atoms with Crippen molar-refractivity contribution >= 4 is 6.09 Å². The molecular weight excluding hydrogens is 202 g/mol. The zero-order valence-electron chi connectivity index (χ0n) is 9.11. The first-order valence-corrected chi connectivity index (χ1v) is 5.85. The van der Waals surface area contributed by atoms with E-state index in [4.69, 9.17) is 4.74 Å². The molecule has 1 aromatic rings. The van der Waals surface area contributed by atoms with E-state index < -0.39 is 0 Å². The first-order valence-electron chi connectivity index (χ1n) is 5.85. The topological polar surface area (TPSA) is 38.3 Å². The molecule has 1 heterocycles. The highest BCUT2D eigenvalue weighted by Gasteiger charge is 2.51. The second-order valence-electron chi connectivity index (χ2n) is 4.65. The fourth-order valence-electron chi connectivity index (χ4n) is 2.92. The first kappa shape index (κ1) is 9.70. The molecule has 2 fully saturated rings. The lowest BCUT2D eigenvalue weighted by Gasteiger charge is -2.27. The van der Waals surface area contributed by atoms with Crippen molar-refractivity contribution in [3.05, 3.63) is 35.9 Å². The second-order valence-corrected chi connectivity index (χ2v) is 4.65. The van der Waals surface area contributed by atoms with E-state index in [1.165, 1.54) is 0 Å². The molecule has 3 nitrogen and oxygen atoms in total. The molecule has 0 radical (unpaired) electrons. The highest BCUT2D eigenvalue weighted by molar-refractivity contribution is 5.71. The summed E-state index contributed by atoms with van der Waals surface area (Å²) >= 11 is 0. The average molecular weight is 217 g/mol. The molecule has 1 N–H and O–H groups in total. The Morgan fingerprint density at radius 3 is 2.56 bits per heavy atom. The summed E-state index contributed by atoms with van der Waals surface area (Å²) in [5, 5.41) is 2.94. The molecule has 1 amide bonds. The molecule has 1 aliphatic carbocycles. The molecule has 1 unspecified atom stereocenters. The maximum atomic E-state index is 11.5. The third kappa shape index (κ3) is 1.39. The number of benzene rings is 1. The van der Waals surface area contributed by atoms with Crippen molar-refractivity contribution < 1.29 is 9.53 Å². The Kier molecular flexibility index (Phi) is 2.13. The van der Waals surface area contributed by atoms with Gasteiger partial charge in [0, 0.05) is 0 Å². The van der Waals surface area contributed by atoms with Crippen LogP contribution in [-0.4, -0.2) is 11.7 Å². The lowest BCUT2D eigenvalue weighted by molar-refractivity contribution is 0.0419. The zero-order valence-corrected chi connectivity index (χ0v) is 9.11. The molecule has 1 saturated carbocycles. The van der Waals surface area contributed by atoms with Crippen molar-refractivity contribution in [2.45, 2.75) is 37.3 Å². The van der Waals surface area contributed by atoms with E-state index in [0.717, 1.165) is 31.2 Å². The Morgan fingerprint density at radius 2 is 1.88 bits per heavy atom. The summed E-state index contributed by atoms with van der Waals surface area (Å²) in [5.74, 6) is 0. The van der Waals surface area contributed by atoms with Crippen LogP contribution >= 0.6 is 0 Å². The van der Waals surface area contributed by atoms with Crippen LogP contribution in [0.3, 0.4) is 0 Å². The van der Waals surface area contributed by atoms with Crippen molar-refractivity contribution in [2.75, 3.05) is 0 Å². The number of rotatable bonds is 1. The maximum Gasteiger partial charge on any atom is 0.408 e. The van der Waals surface area contributed by atoms with Gasteiger partial charge in [0.05, 0.1) is 6.04 Å². The number of nitrogens with one attached hydrogen (secondary N) is 1. The van der Waals surface area contributed by atoms with Crippen LogP contribution in [0.15, 0.2) is 30.3 Å². The van der Waals surface area contributed by atoms with Crippen LogP contribution in [0.5, 0.6) is 0 Å². The Morgan fingerprint density at radius 1 is 1.19 bits per heavy atom. The fourth-order valence-corrected chi connectivity index (χ4v) is 2.92. The Bertz CT molecular complexity index is 396. The van der Waals surface area contributed by atoms with Crippen molar-refractivity contribution in [2.24, 2.45) is 0 Å². The molecule has 3 heteroatoms. The normalized spacial score (nSPS) is 26.8. The van der Waals surface area contributed by atoms with Gasteiger partial charge >= 0.3 is 6.09 Å². The predicted octanol–water partition coefficient (Wildman–Crippen LogP) is 2.78. The number of carbonyl (C=O) groups is 1. The molecule has 0 bridgehead atoms. The second kappa shape index (κ2) is 3.51. The van der Waals surface area contributed by atoms with Gasteiger partial charge in [-0.15, -0.1) is 0 Å². The third-order valence-electron chi connectivity index (χ3n) is 3.67. The Hall–Kier alpha value is -1.51. The van der Waals surface area contributed by atoms with Gasteiger partial charge in [-0.25, -0.2) is 4.79 Å². The standard InChI is InChI=1S/C13H15NO2/c15-12-14-11(10-6-2-1-3-7-10)13(16-12)8-4-5-9-13/h1-3,6-7,11H,4-5,8-9H2,(H,14,15). The van der Waals surface area contributed by atoms with Crippen molar-refractivity contribution in [1.82, 2.24) is 5.32 Å². The Balaban J connectivity index is 1.96. The van der Waals surface area contributed by atoms with Gasteiger partial charge in [0.1, 0.15) is 5.60 Å². The molecule has 16 heavy (non-hydrogen) atoms.